The van der Waals surface area contributed by atoms with E-state index in [0.717, 1.165) is 6.26 Å². The number of rotatable bonds is 8. The number of hydrogen-bond donors (Lipinski definition) is 2. The van der Waals surface area contributed by atoms with E-state index in [1.807, 2.05) is 19.0 Å². The van der Waals surface area contributed by atoms with Crippen molar-refractivity contribution >= 4 is 21.8 Å². The molecule has 0 aromatic carbocycles. The first-order valence-electron chi connectivity index (χ1n) is 6.10. The number of nitrogens with one attached hydrogen (secondary N) is 1. The van der Waals surface area contributed by atoms with Crippen LogP contribution < -0.4 is 5.32 Å². The second-order valence-corrected chi connectivity index (χ2v) is 7.24. The van der Waals surface area contributed by atoms with Gasteiger partial charge in [0.1, 0.15) is 15.9 Å². The molecule has 0 rings (SSSR count). The first kappa shape index (κ1) is 18.7. The van der Waals surface area contributed by atoms with Gasteiger partial charge >= 0.3 is 12.0 Å². The largest absolute Gasteiger partial charge is 0.480 e. The fourth-order valence-electron chi connectivity index (χ4n) is 1.30. The molecule has 20 heavy (non-hydrogen) atoms. The summed E-state index contributed by atoms with van der Waals surface area (Å²) in [4.78, 5) is 26.0. The van der Waals surface area contributed by atoms with Crippen molar-refractivity contribution in [1.29, 1.82) is 0 Å². The minimum Gasteiger partial charge on any atom is -0.480 e. The molecule has 0 aliphatic heterocycles. The molecule has 0 aromatic rings. The van der Waals surface area contributed by atoms with Crippen LogP contribution in [-0.2, 0) is 14.6 Å². The third kappa shape index (κ3) is 8.70. The number of urea groups is 1. The maximum absolute atomic E-state index is 11.8. The van der Waals surface area contributed by atoms with E-state index in [4.69, 9.17) is 5.11 Å². The predicted molar refractivity (Wildman–Crippen MR) is 75.5 cm³/mol. The molecule has 0 aliphatic carbocycles. The third-order valence-electron chi connectivity index (χ3n) is 2.60. The summed E-state index contributed by atoms with van der Waals surface area (Å²) in [5, 5.41) is 11.3. The fourth-order valence-corrected chi connectivity index (χ4v) is 1.96. The molecule has 0 aliphatic rings. The van der Waals surface area contributed by atoms with Gasteiger partial charge < -0.3 is 20.2 Å². The number of sulfone groups is 1. The Morgan fingerprint density at radius 3 is 2.15 bits per heavy atom. The minimum atomic E-state index is -3.27. The van der Waals surface area contributed by atoms with Crippen LogP contribution >= 0.6 is 0 Å². The Bertz CT molecular complexity index is 435. The number of amides is 2. The van der Waals surface area contributed by atoms with E-state index < -0.39 is 27.9 Å². The standard InChI is InChI=1S/C11H23N3O5S/c1-13(2)6-7-14(3)11(17)12-9(10(15)16)5-8-20(4,18)19/h9H,5-8H2,1-4H3,(H,12,17)(H,15,16). The van der Waals surface area contributed by atoms with Crippen molar-refractivity contribution in [3.8, 4) is 0 Å². The lowest BCUT2D eigenvalue weighted by Gasteiger charge is -2.22. The van der Waals surface area contributed by atoms with Gasteiger partial charge in [-0.1, -0.05) is 0 Å². The molecule has 0 spiro atoms. The number of carboxylic acid groups (broad SMARTS) is 1. The molecule has 0 fully saturated rings. The van der Waals surface area contributed by atoms with Crippen molar-refractivity contribution in [2.45, 2.75) is 12.5 Å². The summed E-state index contributed by atoms with van der Waals surface area (Å²) in [5.41, 5.74) is 0. The molecule has 2 N–H and O–H groups in total. The fraction of sp³-hybridized carbons (Fsp3) is 0.818. The molecule has 8 nitrogen and oxygen atoms in total. The number of carbonyl (C=O) groups is 2. The molecule has 118 valence electrons. The van der Waals surface area contributed by atoms with Crippen molar-refractivity contribution < 1.29 is 23.1 Å². The Kier molecular flexibility index (Phi) is 7.51. The number of carbonyl (C=O) groups excluding carboxylic acids is 1. The lowest BCUT2D eigenvalue weighted by atomic mass is 10.2. The summed E-state index contributed by atoms with van der Waals surface area (Å²) in [6.45, 7) is 1.09. The van der Waals surface area contributed by atoms with Crippen LogP contribution in [-0.4, -0.2) is 87.6 Å². The van der Waals surface area contributed by atoms with E-state index in [1.54, 1.807) is 7.05 Å². The van der Waals surface area contributed by atoms with E-state index in [1.165, 1.54) is 4.90 Å². The second-order valence-electron chi connectivity index (χ2n) is 4.98. The zero-order valence-corrected chi connectivity index (χ0v) is 13.1. The highest BCUT2D eigenvalue weighted by atomic mass is 32.2. The predicted octanol–water partition coefficient (Wildman–Crippen LogP) is -0.923. The summed E-state index contributed by atoms with van der Waals surface area (Å²) in [7, 11) is 2.00. The smallest absolute Gasteiger partial charge is 0.326 e. The molecule has 2 amide bonds. The maximum Gasteiger partial charge on any atom is 0.326 e. The highest BCUT2D eigenvalue weighted by Crippen LogP contribution is 1.98. The van der Waals surface area contributed by atoms with Crippen molar-refractivity contribution in [3.05, 3.63) is 0 Å². The molecule has 0 aromatic heterocycles. The quantitative estimate of drug-likeness (QED) is 0.600. The van der Waals surface area contributed by atoms with Crippen LogP contribution in [0.2, 0.25) is 0 Å². The van der Waals surface area contributed by atoms with Gasteiger partial charge in [0.25, 0.3) is 0 Å². The number of carboxylic acids is 1. The van der Waals surface area contributed by atoms with Crippen LogP contribution in [0.15, 0.2) is 0 Å². The van der Waals surface area contributed by atoms with Crippen molar-refractivity contribution in [2.24, 2.45) is 0 Å². The maximum atomic E-state index is 11.8. The summed E-state index contributed by atoms with van der Waals surface area (Å²) >= 11 is 0. The van der Waals surface area contributed by atoms with Gasteiger partial charge in [0.2, 0.25) is 0 Å². The molecule has 0 heterocycles. The van der Waals surface area contributed by atoms with Crippen molar-refractivity contribution in [2.75, 3.05) is 46.2 Å². The highest BCUT2D eigenvalue weighted by Gasteiger charge is 2.23. The molecule has 0 saturated heterocycles. The van der Waals surface area contributed by atoms with Gasteiger partial charge in [-0.05, 0) is 20.5 Å². The monoisotopic (exact) mass is 309 g/mol. The van der Waals surface area contributed by atoms with Crippen molar-refractivity contribution in [3.63, 3.8) is 0 Å². The van der Waals surface area contributed by atoms with E-state index in [9.17, 15) is 18.0 Å². The highest BCUT2D eigenvalue weighted by molar-refractivity contribution is 7.90. The number of nitrogens with zero attached hydrogens (tertiary/aromatic N) is 2. The molecule has 1 atom stereocenters. The molecule has 0 bridgehead atoms. The third-order valence-corrected chi connectivity index (χ3v) is 3.58. The lowest BCUT2D eigenvalue weighted by molar-refractivity contribution is -0.139. The summed E-state index contributed by atoms with van der Waals surface area (Å²) < 4.78 is 22.1. The van der Waals surface area contributed by atoms with E-state index >= 15 is 0 Å². The Morgan fingerprint density at radius 2 is 1.75 bits per heavy atom. The average Bonchev–Trinajstić information content (AvgIpc) is 2.29. The summed E-state index contributed by atoms with van der Waals surface area (Å²) in [6.07, 6.45) is 0.873. The van der Waals surface area contributed by atoms with Crippen LogP contribution in [0.1, 0.15) is 6.42 Å². The Labute approximate surface area is 119 Å². The van der Waals surface area contributed by atoms with Gasteiger partial charge in [0.05, 0.1) is 5.75 Å². The molecular formula is C11H23N3O5S. The van der Waals surface area contributed by atoms with E-state index in [0.29, 0.717) is 13.1 Å². The van der Waals surface area contributed by atoms with Gasteiger partial charge in [-0.25, -0.2) is 18.0 Å². The topological polar surface area (TPSA) is 107 Å². The number of likely N-dealkylation sites (N-methyl/N-ethyl adjacent to an activating group) is 2. The van der Waals surface area contributed by atoms with Crippen LogP contribution in [0.25, 0.3) is 0 Å². The van der Waals surface area contributed by atoms with Crippen molar-refractivity contribution in [1.82, 2.24) is 15.1 Å². The average molecular weight is 309 g/mol. The van der Waals surface area contributed by atoms with Crippen LogP contribution in [0.4, 0.5) is 4.79 Å². The first-order valence-corrected chi connectivity index (χ1v) is 8.16. The SMILES string of the molecule is CN(C)CCN(C)C(=O)NC(CCS(C)(=O)=O)C(=O)O. The number of hydrogen-bond acceptors (Lipinski definition) is 5. The minimum absolute atomic E-state index is 0.151. The zero-order chi connectivity index (χ0) is 15.9. The Balaban J connectivity index is 4.44. The molecule has 0 radical (unpaired) electrons. The Hall–Kier alpha value is -1.35. The summed E-state index contributed by atoms with van der Waals surface area (Å²) in [6, 6.07) is -1.74. The summed E-state index contributed by atoms with van der Waals surface area (Å²) in [5.74, 6) is -1.53. The molecule has 9 heteroatoms. The second kappa shape index (κ2) is 8.05. The van der Waals surface area contributed by atoms with Gasteiger partial charge in [-0.3, -0.25) is 0 Å². The van der Waals surface area contributed by atoms with Gasteiger partial charge in [-0.2, -0.15) is 0 Å². The van der Waals surface area contributed by atoms with Crippen LogP contribution in [0.5, 0.6) is 0 Å². The van der Waals surface area contributed by atoms with E-state index in [-0.39, 0.29) is 12.2 Å². The number of aliphatic carboxylic acids is 1. The van der Waals surface area contributed by atoms with Gasteiger partial charge in [0, 0.05) is 26.4 Å². The van der Waals surface area contributed by atoms with Gasteiger partial charge in [0.15, 0.2) is 0 Å². The molecule has 0 saturated carbocycles. The lowest BCUT2D eigenvalue weighted by Crippen LogP contribution is -2.48. The van der Waals surface area contributed by atoms with Crippen LogP contribution in [0.3, 0.4) is 0 Å². The molecular weight excluding hydrogens is 286 g/mol. The van der Waals surface area contributed by atoms with Gasteiger partial charge in [-0.15, -0.1) is 0 Å². The Morgan fingerprint density at radius 1 is 1.20 bits per heavy atom. The van der Waals surface area contributed by atoms with E-state index in [2.05, 4.69) is 5.32 Å². The first-order chi connectivity index (χ1) is 9.03. The molecule has 1 unspecified atom stereocenters. The van der Waals surface area contributed by atoms with Crippen LogP contribution in [0, 0.1) is 0 Å². The zero-order valence-electron chi connectivity index (χ0n) is 12.3. The normalized spacial score (nSPS) is 13.1.